The molecule has 11 heteroatoms. The Morgan fingerprint density at radius 3 is 2.69 bits per heavy atom. The van der Waals surface area contributed by atoms with Crippen molar-refractivity contribution >= 4 is 27.5 Å². The van der Waals surface area contributed by atoms with Gasteiger partial charge >= 0.3 is 0 Å². The first-order valence-electron chi connectivity index (χ1n) is 8.45. The minimum Gasteiger partial charge on any atom is -0.375 e. The summed E-state index contributed by atoms with van der Waals surface area (Å²) in [4.78, 5) is 24.7. The number of hydrogen-bond acceptors (Lipinski definition) is 7. The van der Waals surface area contributed by atoms with Crippen LogP contribution in [0.25, 0.3) is 5.69 Å². The molecule has 150 valence electrons. The van der Waals surface area contributed by atoms with Crippen molar-refractivity contribution in [1.82, 2.24) is 25.1 Å². The van der Waals surface area contributed by atoms with Gasteiger partial charge in [0, 0.05) is 30.8 Å². The number of rotatable bonds is 7. The van der Waals surface area contributed by atoms with Crippen LogP contribution < -0.4 is 0 Å². The first-order valence-corrected chi connectivity index (χ1v) is 9.25. The standard InChI is InChI=1S/C18H17BrN6O4/c1-23(16(26)11-29-2)17(12-4-3-5-15(10-12)25(27)28)18-20-21-22-24(18)14-8-6-13(19)7-9-14/h3-10,17H,11H2,1-2H3/t17-/m0/s1. The molecule has 0 spiro atoms. The smallest absolute Gasteiger partial charge is 0.269 e. The summed E-state index contributed by atoms with van der Waals surface area (Å²) in [5.41, 5.74) is 1.08. The van der Waals surface area contributed by atoms with E-state index in [0.29, 0.717) is 17.1 Å². The van der Waals surface area contributed by atoms with Crippen LogP contribution >= 0.6 is 15.9 Å². The molecule has 3 rings (SSSR count). The van der Waals surface area contributed by atoms with Gasteiger partial charge in [-0.05, 0) is 40.3 Å². The Bertz CT molecular complexity index is 1020. The molecule has 0 unspecified atom stereocenters. The molecule has 3 aromatic rings. The Hall–Kier alpha value is -3.18. The number of carbonyl (C=O) groups excluding carboxylic acids is 1. The zero-order valence-electron chi connectivity index (χ0n) is 15.6. The summed E-state index contributed by atoms with van der Waals surface area (Å²) in [6, 6.07) is 12.6. The van der Waals surface area contributed by atoms with Crippen LogP contribution in [0.1, 0.15) is 17.4 Å². The summed E-state index contributed by atoms with van der Waals surface area (Å²) < 4.78 is 7.34. The predicted octanol–water partition coefficient (Wildman–Crippen LogP) is 2.53. The molecule has 0 fully saturated rings. The molecule has 29 heavy (non-hydrogen) atoms. The summed E-state index contributed by atoms with van der Waals surface area (Å²) in [5, 5.41) is 23.2. The van der Waals surface area contributed by atoms with Crippen molar-refractivity contribution in [3.05, 3.63) is 74.5 Å². The SMILES string of the molecule is COCC(=O)N(C)[C@@H](c1cccc([N+](=O)[O-])c1)c1nnnn1-c1ccc(Br)cc1. The number of aromatic nitrogens is 4. The zero-order valence-corrected chi connectivity index (χ0v) is 17.2. The number of ether oxygens (including phenoxy) is 1. The van der Waals surface area contributed by atoms with E-state index in [0.717, 1.165) is 4.47 Å². The highest BCUT2D eigenvalue weighted by Gasteiger charge is 2.30. The summed E-state index contributed by atoms with van der Waals surface area (Å²) in [6.07, 6.45) is 0. The Balaban J connectivity index is 2.13. The van der Waals surface area contributed by atoms with Gasteiger partial charge in [-0.1, -0.05) is 28.1 Å². The molecule has 1 amide bonds. The van der Waals surface area contributed by atoms with Gasteiger partial charge in [-0.25, -0.2) is 0 Å². The van der Waals surface area contributed by atoms with Gasteiger partial charge in [0.15, 0.2) is 5.82 Å². The van der Waals surface area contributed by atoms with Crippen molar-refractivity contribution in [2.45, 2.75) is 6.04 Å². The zero-order chi connectivity index (χ0) is 21.0. The van der Waals surface area contributed by atoms with E-state index in [2.05, 4.69) is 31.5 Å². The van der Waals surface area contributed by atoms with E-state index in [-0.39, 0.29) is 18.2 Å². The Morgan fingerprint density at radius 1 is 1.31 bits per heavy atom. The Kier molecular flexibility index (Phi) is 6.29. The van der Waals surface area contributed by atoms with Crippen LogP contribution in [0.2, 0.25) is 0 Å². The van der Waals surface area contributed by atoms with E-state index < -0.39 is 11.0 Å². The fraction of sp³-hybridized carbons (Fsp3) is 0.222. The number of methoxy groups -OCH3 is 1. The van der Waals surface area contributed by atoms with Gasteiger partial charge in [-0.2, -0.15) is 4.68 Å². The second-order valence-corrected chi connectivity index (χ2v) is 7.03. The summed E-state index contributed by atoms with van der Waals surface area (Å²) in [5.74, 6) is 0.00846. The number of non-ortho nitro benzene ring substituents is 1. The average Bonchev–Trinajstić information content (AvgIpc) is 3.18. The molecular weight excluding hydrogens is 444 g/mol. The number of nitro groups is 1. The van der Waals surface area contributed by atoms with E-state index in [1.165, 1.54) is 28.8 Å². The highest BCUT2D eigenvalue weighted by atomic mass is 79.9. The normalized spacial score (nSPS) is 11.8. The molecule has 1 atom stereocenters. The average molecular weight is 461 g/mol. The van der Waals surface area contributed by atoms with Gasteiger partial charge in [-0.3, -0.25) is 14.9 Å². The van der Waals surface area contributed by atoms with Crippen molar-refractivity contribution in [2.24, 2.45) is 0 Å². The highest BCUT2D eigenvalue weighted by molar-refractivity contribution is 9.10. The van der Waals surface area contributed by atoms with E-state index in [4.69, 9.17) is 4.74 Å². The molecule has 0 saturated carbocycles. The van der Waals surface area contributed by atoms with Gasteiger partial charge < -0.3 is 9.64 Å². The molecule has 0 aliphatic rings. The molecule has 0 saturated heterocycles. The first kappa shape index (κ1) is 20.6. The minimum absolute atomic E-state index is 0.0947. The number of nitro benzene ring substituents is 1. The first-order chi connectivity index (χ1) is 13.9. The molecule has 0 aliphatic heterocycles. The molecule has 1 aromatic heterocycles. The quantitative estimate of drug-likeness (QED) is 0.392. The van der Waals surface area contributed by atoms with Crippen molar-refractivity contribution in [3.63, 3.8) is 0 Å². The Morgan fingerprint density at radius 2 is 2.03 bits per heavy atom. The van der Waals surface area contributed by atoms with Gasteiger partial charge in [0.2, 0.25) is 5.91 Å². The lowest BCUT2D eigenvalue weighted by molar-refractivity contribution is -0.384. The van der Waals surface area contributed by atoms with Crippen LogP contribution in [-0.2, 0) is 9.53 Å². The van der Waals surface area contributed by atoms with Crippen LogP contribution in [0.15, 0.2) is 53.0 Å². The maximum absolute atomic E-state index is 12.5. The van der Waals surface area contributed by atoms with Crippen LogP contribution in [-0.4, -0.2) is 56.7 Å². The third-order valence-electron chi connectivity index (χ3n) is 4.25. The topological polar surface area (TPSA) is 116 Å². The van der Waals surface area contributed by atoms with Gasteiger partial charge in [0.25, 0.3) is 5.69 Å². The molecular formula is C18H17BrN6O4. The van der Waals surface area contributed by atoms with Gasteiger partial charge in [0.05, 0.1) is 10.6 Å². The summed E-state index contributed by atoms with van der Waals surface area (Å²) in [7, 11) is 2.99. The number of likely N-dealkylation sites (N-methyl/N-ethyl adjacent to an activating group) is 1. The second-order valence-electron chi connectivity index (χ2n) is 6.12. The van der Waals surface area contributed by atoms with Crippen molar-refractivity contribution < 1.29 is 14.5 Å². The highest BCUT2D eigenvalue weighted by Crippen LogP contribution is 2.30. The molecule has 1 heterocycles. The van der Waals surface area contributed by atoms with E-state index >= 15 is 0 Å². The number of nitrogens with zero attached hydrogens (tertiary/aromatic N) is 6. The predicted molar refractivity (Wildman–Crippen MR) is 106 cm³/mol. The van der Waals surface area contributed by atoms with E-state index in [1.54, 1.807) is 19.2 Å². The molecule has 0 radical (unpaired) electrons. The third-order valence-corrected chi connectivity index (χ3v) is 4.78. The second kappa shape index (κ2) is 8.88. The van der Waals surface area contributed by atoms with Gasteiger partial charge in [0.1, 0.15) is 12.6 Å². The minimum atomic E-state index is -0.767. The van der Waals surface area contributed by atoms with Crippen LogP contribution in [0, 0.1) is 10.1 Å². The van der Waals surface area contributed by atoms with E-state index in [9.17, 15) is 14.9 Å². The third kappa shape index (κ3) is 4.46. The fourth-order valence-electron chi connectivity index (χ4n) is 2.85. The van der Waals surface area contributed by atoms with Crippen LogP contribution in [0.5, 0.6) is 0 Å². The number of hydrogen-bond donors (Lipinski definition) is 0. The summed E-state index contributed by atoms with van der Waals surface area (Å²) in [6.45, 7) is -0.151. The Labute approximate surface area is 174 Å². The number of benzene rings is 2. The molecule has 0 aliphatic carbocycles. The molecule has 10 nitrogen and oxygen atoms in total. The lowest BCUT2D eigenvalue weighted by Crippen LogP contribution is -2.36. The fourth-order valence-corrected chi connectivity index (χ4v) is 3.12. The van der Waals surface area contributed by atoms with Crippen LogP contribution in [0.4, 0.5) is 5.69 Å². The number of halogens is 1. The monoisotopic (exact) mass is 460 g/mol. The molecule has 2 aromatic carbocycles. The number of tetrazole rings is 1. The number of carbonyl (C=O) groups is 1. The largest absolute Gasteiger partial charge is 0.375 e. The van der Waals surface area contributed by atoms with Crippen molar-refractivity contribution in [1.29, 1.82) is 0 Å². The van der Waals surface area contributed by atoms with Crippen molar-refractivity contribution in [2.75, 3.05) is 20.8 Å². The van der Waals surface area contributed by atoms with Crippen LogP contribution in [0.3, 0.4) is 0 Å². The van der Waals surface area contributed by atoms with E-state index in [1.807, 2.05) is 24.3 Å². The van der Waals surface area contributed by atoms with Crippen molar-refractivity contribution in [3.8, 4) is 5.69 Å². The maximum atomic E-state index is 12.5. The summed E-state index contributed by atoms with van der Waals surface area (Å²) >= 11 is 3.38. The lowest BCUT2D eigenvalue weighted by Gasteiger charge is -2.27. The van der Waals surface area contributed by atoms with Gasteiger partial charge in [-0.15, -0.1) is 5.10 Å². The molecule has 0 N–H and O–H groups in total. The number of amides is 1. The molecule has 0 bridgehead atoms. The lowest BCUT2D eigenvalue weighted by atomic mass is 10.0. The maximum Gasteiger partial charge on any atom is 0.269 e.